The summed E-state index contributed by atoms with van der Waals surface area (Å²) in [5, 5.41) is 5.91. The molecule has 2 nitrogen and oxygen atoms in total. The fraction of sp³-hybridized carbons (Fsp3) is 0.100. The monoisotopic (exact) mass is 459 g/mol. The third-order valence-electron chi connectivity index (χ3n) is 3.77. The van der Waals surface area contributed by atoms with E-state index in [0.29, 0.717) is 44.0 Å². The van der Waals surface area contributed by atoms with Gasteiger partial charge in [-0.3, -0.25) is 0 Å². The first-order chi connectivity index (χ1) is 12.9. The summed E-state index contributed by atoms with van der Waals surface area (Å²) in [6, 6.07) is 16.3. The van der Waals surface area contributed by atoms with E-state index in [0.717, 1.165) is 16.8 Å². The maximum atomic E-state index is 6.36. The molecule has 0 fully saturated rings. The van der Waals surface area contributed by atoms with Crippen LogP contribution < -0.4 is 10.1 Å². The van der Waals surface area contributed by atoms with E-state index in [1.807, 2.05) is 18.2 Å². The number of benzene rings is 3. The average molecular weight is 462 g/mol. The molecular weight excluding hydrogens is 447 g/mol. The molecule has 0 bridgehead atoms. The minimum Gasteiger partial charge on any atom is -0.486 e. The third kappa shape index (κ3) is 5.60. The lowest BCUT2D eigenvalue weighted by Crippen LogP contribution is -2.02. The van der Waals surface area contributed by atoms with E-state index >= 15 is 0 Å². The van der Waals surface area contributed by atoms with Crippen LogP contribution in [0.2, 0.25) is 25.1 Å². The van der Waals surface area contributed by atoms with Crippen LogP contribution in [-0.2, 0) is 13.2 Å². The number of rotatable bonds is 6. The first-order valence-electron chi connectivity index (χ1n) is 7.96. The van der Waals surface area contributed by atoms with Gasteiger partial charge in [0.25, 0.3) is 0 Å². The topological polar surface area (TPSA) is 21.3 Å². The zero-order valence-electron chi connectivity index (χ0n) is 13.9. The molecule has 1 N–H and O–H groups in total. The van der Waals surface area contributed by atoms with Gasteiger partial charge in [0.15, 0.2) is 5.75 Å². The van der Waals surface area contributed by atoms with Gasteiger partial charge in [-0.1, -0.05) is 70.1 Å². The molecule has 7 heteroatoms. The SMILES string of the molecule is Clc1ccc(COc2c(Cl)cc(CNc3ccc(Cl)cc3Cl)cc2Cl)cc1. The van der Waals surface area contributed by atoms with Crippen molar-refractivity contribution in [3.63, 3.8) is 0 Å². The highest BCUT2D eigenvalue weighted by Crippen LogP contribution is 2.35. The smallest absolute Gasteiger partial charge is 0.156 e. The number of halogens is 5. The summed E-state index contributed by atoms with van der Waals surface area (Å²) in [4.78, 5) is 0. The Balaban J connectivity index is 1.67. The van der Waals surface area contributed by atoms with E-state index in [1.54, 1.807) is 36.4 Å². The maximum absolute atomic E-state index is 6.36. The third-order valence-corrected chi connectivity index (χ3v) is 5.13. The number of anilines is 1. The summed E-state index contributed by atoms with van der Waals surface area (Å²) >= 11 is 30.7. The lowest BCUT2D eigenvalue weighted by molar-refractivity contribution is 0.306. The van der Waals surface area contributed by atoms with Gasteiger partial charge in [-0.25, -0.2) is 0 Å². The van der Waals surface area contributed by atoms with Crippen molar-refractivity contribution in [1.29, 1.82) is 0 Å². The van der Waals surface area contributed by atoms with Crippen molar-refractivity contribution >= 4 is 63.7 Å². The lowest BCUT2D eigenvalue weighted by Gasteiger charge is -2.13. The van der Waals surface area contributed by atoms with Crippen LogP contribution in [0.15, 0.2) is 54.6 Å². The van der Waals surface area contributed by atoms with Crippen LogP contribution in [0.1, 0.15) is 11.1 Å². The van der Waals surface area contributed by atoms with Crippen LogP contribution >= 0.6 is 58.0 Å². The first kappa shape index (κ1) is 20.4. The van der Waals surface area contributed by atoms with Gasteiger partial charge in [-0.15, -0.1) is 0 Å². The zero-order valence-corrected chi connectivity index (χ0v) is 17.7. The highest BCUT2D eigenvalue weighted by Gasteiger charge is 2.11. The van der Waals surface area contributed by atoms with Crippen molar-refractivity contribution in [2.24, 2.45) is 0 Å². The van der Waals surface area contributed by atoms with Crippen molar-refractivity contribution in [2.75, 3.05) is 5.32 Å². The van der Waals surface area contributed by atoms with Gasteiger partial charge >= 0.3 is 0 Å². The Hall–Kier alpha value is -1.29. The molecule has 0 radical (unpaired) electrons. The molecule has 0 atom stereocenters. The molecule has 3 aromatic rings. The molecule has 0 aliphatic heterocycles. The van der Waals surface area contributed by atoms with E-state index in [9.17, 15) is 0 Å². The molecule has 140 valence electrons. The average Bonchev–Trinajstić information content (AvgIpc) is 2.62. The Morgan fingerprint density at radius 1 is 0.667 bits per heavy atom. The highest BCUT2D eigenvalue weighted by molar-refractivity contribution is 6.37. The zero-order chi connectivity index (χ0) is 19.4. The summed E-state index contributed by atoms with van der Waals surface area (Å²) in [5.74, 6) is 0.446. The van der Waals surface area contributed by atoms with E-state index in [2.05, 4.69) is 5.32 Å². The maximum Gasteiger partial charge on any atom is 0.156 e. The van der Waals surface area contributed by atoms with Gasteiger partial charge in [0, 0.05) is 16.6 Å². The van der Waals surface area contributed by atoms with Crippen molar-refractivity contribution in [3.05, 3.63) is 90.8 Å². The molecule has 0 saturated heterocycles. The Bertz CT molecular complexity index is 921. The molecule has 0 aliphatic rings. The second kappa shape index (κ2) is 9.27. The summed E-state index contributed by atoms with van der Waals surface area (Å²) in [7, 11) is 0. The molecule has 0 aromatic heterocycles. The lowest BCUT2D eigenvalue weighted by atomic mass is 10.2. The molecule has 27 heavy (non-hydrogen) atoms. The van der Waals surface area contributed by atoms with Crippen LogP contribution in [0, 0.1) is 0 Å². The Labute approximate surface area is 182 Å². The van der Waals surface area contributed by atoms with Gasteiger partial charge < -0.3 is 10.1 Å². The minimum absolute atomic E-state index is 0.342. The minimum atomic E-state index is 0.342. The molecule has 0 saturated carbocycles. The second-order valence-corrected chi connectivity index (χ2v) is 7.88. The van der Waals surface area contributed by atoms with Gasteiger partial charge in [0.05, 0.1) is 20.8 Å². The summed E-state index contributed by atoms with van der Waals surface area (Å²) in [6.45, 7) is 0.840. The highest BCUT2D eigenvalue weighted by atomic mass is 35.5. The molecule has 3 aromatic carbocycles. The van der Waals surface area contributed by atoms with Crippen LogP contribution in [0.5, 0.6) is 5.75 Å². The van der Waals surface area contributed by atoms with Crippen LogP contribution in [-0.4, -0.2) is 0 Å². The summed E-state index contributed by atoms with van der Waals surface area (Å²) in [5.41, 5.74) is 2.64. The Morgan fingerprint density at radius 2 is 1.30 bits per heavy atom. The van der Waals surface area contributed by atoms with E-state index in [4.69, 9.17) is 62.7 Å². The molecule has 3 rings (SSSR count). The van der Waals surface area contributed by atoms with Crippen molar-refractivity contribution < 1.29 is 4.74 Å². The molecule has 0 unspecified atom stereocenters. The summed E-state index contributed by atoms with van der Waals surface area (Å²) in [6.07, 6.45) is 0. The Morgan fingerprint density at radius 3 is 1.93 bits per heavy atom. The molecule has 0 aliphatic carbocycles. The van der Waals surface area contributed by atoms with Gasteiger partial charge in [-0.2, -0.15) is 0 Å². The normalized spacial score (nSPS) is 10.7. The fourth-order valence-electron chi connectivity index (χ4n) is 2.42. The molecule has 0 amide bonds. The standard InChI is InChI=1S/C20H14Cl5NO/c21-14-3-1-12(2-4-14)11-27-20-17(24)7-13(8-18(20)25)10-26-19-6-5-15(22)9-16(19)23/h1-9,26H,10-11H2. The van der Waals surface area contributed by atoms with E-state index in [-0.39, 0.29) is 0 Å². The second-order valence-electron chi connectivity index (χ2n) is 5.78. The molecular formula is C20H14Cl5NO. The van der Waals surface area contributed by atoms with Gasteiger partial charge in [-0.05, 0) is 53.6 Å². The number of hydrogen-bond donors (Lipinski definition) is 1. The largest absolute Gasteiger partial charge is 0.486 e. The van der Waals surface area contributed by atoms with Crippen molar-refractivity contribution in [3.8, 4) is 5.75 Å². The number of nitrogens with one attached hydrogen (secondary N) is 1. The molecule has 0 heterocycles. The van der Waals surface area contributed by atoms with E-state index < -0.39 is 0 Å². The fourth-order valence-corrected chi connectivity index (χ4v) is 3.66. The first-order valence-corrected chi connectivity index (χ1v) is 9.85. The number of ether oxygens (including phenoxy) is 1. The van der Waals surface area contributed by atoms with Crippen LogP contribution in [0.4, 0.5) is 5.69 Å². The molecule has 0 spiro atoms. The van der Waals surface area contributed by atoms with Crippen LogP contribution in [0.3, 0.4) is 0 Å². The Kier molecular flexibility index (Phi) is 7.02. The van der Waals surface area contributed by atoms with Gasteiger partial charge in [0.1, 0.15) is 6.61 Å². The van der Waals surface area contributed by atoms with Crippen molar-refractivity contribution in [2.45, 2.75) is 13.2 Å². The predicted molar refractivity (Wildman–Crippen MR) is 116 cm³/mol. The quantitative estimate of drug-likeness (QED) is 0.400. The van der Waals surface area contributed by atoms with E-state index in [1.165, 1.54) is 0 Å². The van der Waals surface area contributed by atoms with Crippen molar-refractivity contribution in [1.82, 2.24) is 0 Å². The predicted octanol–water partition coefficient (Wildman–Crippen LogP) is 8.14. The summed E-state index contributed by atoms with van der Waals surface area (Å²) < 4.78 is 5.78. The van der Waals surface area contributed by atoms with Gasteiger partial charge in [0.2, 0.25) is 0 Å². The van der Waals surface area contributed by atoms with Crippen LogP contribution in [0.25, 0.3) is 0 Å². The number of hydrogen-bond acceptors (Lipinski definition) is 2.